The molecular formula is C11H23NO3. The van der Waals surface area contributed by atoms with Gasteiger partial charge in [-0.1, -0.05) is 0 Å². The van der Waals surface area contributed by atoms with Gasteiger partial charge in [0.15, 0.2) is 0 Å². The summed E-state index contributed by atoms with van der Waals surface area (Å²) in [5.41, 5.74) is -1.25. The smallest absolute Gasteiger partial charge is 0.320 e. The van der Waals surface area contributed by atoms with Crippen molar-refractivity contribution in [1.82, 2.24) is 4.90 Å². The zero-order valence-electron chi connectivity index (χ0n) is 10.6. The molecule has 0 aliphatic rings. The van der Waals surface area contributed by atoms with E-state index >= 15 is 0 Å². The second kappa shape index (κ2) is 4.94. The SMILES string of the molecule is CN(CC(=O)OC(C)(C)C)CC(C)(C)O. The van der Waals surface area contributed by atoms with Crippen molar-refractivity contribution in [1.29, 1.82) is 0 Å². The van der Waals surface area contributed by atoms with Crippen LogP contribution >= 0.6 is 0 Å². The van der Waals surface area contributed by atoms with Gasteiger partial charge in [-0.2, -0.15) is 0 Å². The van der Waals surface area contributed by atoms with Crippen LogP contribution in [0.5, 0.6) is 0 Å². The molecule has 0 bridgehead atoms. The molecular weight excluding hydrogens is 194 g/mol. The molecule has 1 N–H and O–H groups in total. The highest BCUT2D eigenvalue weighted by Gasteiger charge is 2.20. The molecule has 0 fully saturated rings. The third-order valence-corrected chi connectivity index (χ3v) is 1.48. The predicted molar refractivity (Wildman–Crippen MR) is 59.6 cm³/mol. The van der Waals surface area contributed by atoms with Gasteiger partial charge < -0.3 is 9.84 Å². The summed E-state index contributed by atoms with van der Waals surface area (Å²) in [6, 6.07) is 0. The third kappa shape index (κ3) is 9.69. The fourth-order valence-corrected chi connectivity index (χ4v) is 1.31. The maximum atomic E-state index is 11.4. The summed E-state index contributed by atoms with van der Waals surface area (Å²) >= 11 is 0. The van der Waals surface area contributed by atoms with Crippen LogP contribution in [0, 0.1) is 0 Å². The van der Waals surface area contributed by atoms with Crippen LogP contribution in [0.1, 0.15) is 34.6 Å². The maximum Gasteiger partial charge on any atom is 0.320 e. The second-order valence-electron chi connectivity index (χ2n) is 5.57. The molecule has 0 heterocycles. The number of esters is 1. The number of likely N-dealkylation sites (N-methyl/N-ethyl adjacent to an activating group) is 1. The summed E-state index contributed by atoms with van der Waals surface area (Å²) in [5, 5.41) is 9.54. The fraction of sp³-hybridized carbons (Fsp3) is 0.909. The number of ether oxygens (including phenoxy) is 1. The number of hydrogen-bond acceptors (Lipinski definition) is 4. The van der Waals surface area contributed by atoms with E-state index in [1.54, 1.807) is 25.8 Å². The molecule has 4 heteroatoms. The van der Waals surface area contributed by atoms with Gasteiger partial charge in [-0.05, 0) is 41.7 Å². The quantitative estimate of drug-likeness (QED) is 0.715. The van der Waals surface area contributed by atoms with Crippen LogP contribution in [-0.2, 0) is 9.53 Å². The summed E-state index contributed by atoms with van der Waals surface area (Å²) in [6.07, 6.45) is 0. The lowest BCUT2D eigenvalue weighted by atomic mass is 10.1. The Morgan fingerprint density at radius 3 is 2.07 bits per heavy atom. The molecule has 15 heavy (non-hydrogen) atoms. The van der Waals surface area contributed by atoms with E-state index in [2.05, 4.69) is 0 Å². The van der Waals surface area contributed by atoms with Gasteiger partial charge in [0.1, 0.15) is 5.60 Å². The van der Waals surface area contributed by atoms with Crippen molar-refractivity contribution in [2.24, 2.45) is 0 Å². The average Bonchev–Trinajstić information content (AvgIpc) is 1.73. The highest BCUT2D eigenvalue weighted by Crippen LogP contribution is 2.08. The Kier molecular flexibility index (Phi) is 4.74. The van der Waals surface area contributed by atoms with E-state index in [1.165, 1.54) is 0 Å². The van der Waals surface area contributed by atoms with Gasteiger partial charge in [0.25, 0.3) is 0 Å². The lowest BCUT2D eigenvalue weighted by Crippen LogP contribution is -2.40. The molecule has 90 valence electrons. The largest absolute Gasteiger partial charge is 0.459 e. The van der Waals surface area contributed by atoms with E-state index < -0.39 is 11.2 Å². The molecule has 4 nitrogen and oxygen atoms in total. The molecule has 0 atom stereocenters. The lowest BCUT2D eigenvalue weighted by molar-refractivity contribution is -0.156. The van der Waals surface area contributed by atoms with Crippen molar-refractivity contribution < 1.29 is 14.6 Å². The zero-order chi connectivity index (χ0) is 12.3. The van der Waals surface area contributed by atoms with E-state index in [1.807, 2.05) is 20.8 Å². The van der Waals surface area contributed by atoms with Crippen LogP contribution in [0.4, 0.5) is 0 Å². The van der Waals surface area contributed by atoms with Gasteiger partial charge >= 0.3 is 5.97 Å². The standard InChI is InChI=1S/C11H23NO3/c1-10(2,3)15-9(13)7-12(6)8-11(4,5)14/h14H,7-8H2,1-6H3. The minimum atomic E-state index is -0.795. The first-order valence-electron chi connectivity index (χ1n) is 5.12. The maximum absolute atomic E-state index is 11.4. The lowest BCUT2D eigenvalue weighted by Gasteiger charge is -2.26. The van der Waals surface area contributed by atoms with Crippen molar-refractivity contribution >= 4 is 5.97 Å². The van der Waals surface area contributed by atoms with Crippen molar-refractivity contribution in [2.75, 3.05) is 20.1 Å². The molecule has 0 unspecified atom stereocenters. The normalized spacial score (nSPS) is 13.1. The molecule has 0 aliphatic carbocycles. The zero-order valence-corrected chi connectivity index (χ0v) is 10.6. The highest BCUT2D eigenvalue weighted by atomic mass is 16.6. The van der Waals surface area contributed by atoms with Crippen LogP contribution in [0.2, 0.25) is 0 Å². The summed E-state index contributed by atoms with van der Waals surface area (Å²) < 4.78 is 5.16. The third-order valence-electron chi connectivity index (χ3n) is 1.48. The first-order chi connectivity index (χ1) is 6.49. The summed E-state index contributed by atoms with van der Waals surface area (Å²) in [4.78, 5) is 13.2. The van der Waals surface area contributed by atoms with Crippen LogP contribution in [-0.4, -0.2) is 47.3 Å². The van der Waals surface area contributed by atoms with Crippen molar-refractivity contribution in [3.8, 4) is 0 Å². The Morgan fingerprint density at radius 2 is 1.73 bits per heavy atom. The number of aliphatic hydroxyl groups is 1. The van der Waals surface area contributed by atoms with Crippen molar-refractivity contribution in [2.45, 2.75) is 45.8 Å². The topological polar surface area (TPSA) is 49.8 Å². The molecule has 0 saturated carbocycles. The predicted octanol–water partition coefficient (Wildman–Crippen LogP) is 1.03. The van der Waals surface area contributed by atoms with Gasteiger partial charge in [0, 0.05) is 6.54 Å². The van der Waals surface area contributed by atoms with E-state index in [-0.39, 0.29) is 12.5 Å². The Morgan fingerprint density at radius 1 is 1.27 bits per heavy atom. The molecule has 0 spiro atoms. The Labute approximate surface area is 92.2 Å². The first kappa shape index (κ1) is 14.4. The molecule has 0 aromatic carbocycles. The van der Waals surface area contributed by atoms with Crippen LogP contribution in [0.25, 0.3) is 0 Å². The van der Waals surface area contributed by atoms with E-state index in [0.717, 1.165) is 0 Å². The molecule has 0 radical (unpaired) electrons. The fourth-order valence-electron chi connectivity index (χ4n) is 1.31. The Hall–Kier alpha value is -0.610. The minimum absolute atomic E-state index is 0.196. The van der Waals surface area contributed by atoms with E-state index in [4.69, 9.17) is 4.74 Å². The van der Waals surface area contributed by atoms with Crippen LogP contribution in [0.3, 0.4) is 0 Å². The molecule has 0 aromatic rings. The molecule has 0 aromatic heterocycles. The van der Waals surface area contributed by atoms with Crippen molar-refractivity contribution in [3.63, 3.8) is 0 Å². The molecule has 0 saturated heterocycles. The molecule has 0 aliphatic heterocycles. The van der Waals surface area contributed by atoms with Gasteiger partial charge in [-0.25, -0.2) is 0 Å². The van der Waals surface area contributed by atoms with Gasteiger partial charge in [-0.15, -0.1) is 0 Å². The number of hydrogen-bond donors (Lipinski definition) is 1. The van der Waals surface area contributed by atoms with Gasteiger partial charge in [-0.3, -0.25) is 9.69 Å². The Bertz CT molecular complexity index is 213. The second-order valence-corrected chi connectivity index (χ2v) is 5.57. The number of carbonyl (C=O) groups excluding carboxylic acids is 1. The number of nitrogens with zero attached hydrogens (tertiary/aromatic N) is 1. The highest BCUT2D eigenvalue weighted by molar-refractivity contribution is 5.72. The van der Waals surface area contributed by atoms with Gasteiger partial charge in [0.05, 0.1) is 12.1 Å². The van der Waals surface area contributed by atoms with Gasteiger partial charge in [0.2, 0.25) is 0 Å². The van der Waals surface area contributed by atoms with Crippen LogP contribution in [0.15, 0.2) is 0 Å². The molecule has 0 rings (SSSR count). The minimum Gasteiger partial charge on any atom is -0.459 e. The van der Waals surface area contributed by atoms with Crippen LogP contribution < -0.4 is 0 Å². The summed E-state index contributed by atoms with van der Waals surface area (Å²) in [7, 11) is 1.78. The monoisotopic (exact) mass is 217 g/mol. The van der Waals surface area contributed by atoms with Crippen molar-refractivity contribution in [3.05, 3.63) is 0 Å². The first-order valence-corrected chi connectivity index (χ1v) is 5.12. The Balaban J connectivity index is 3.98. The van der Waals surface area contributed by atoms with E-state index in [9.17, 15) is 9.90 Å². The summed E-state index contributed by atoms with van der Waals surface area (Å²) in [6.45, 7) is 9.55. The average molecular weight is 217 g/mol. The number of carbonyl (C=O) groups is 1. The summed E-state index contributed by atoms with van der Waals surface area (Å²) in [5.74, 6) is -0.269. The molecule has 0 amide bonds. The number of rotatable bonds is 4. The van der Waals surface area contributed by atoms with E-state index in [0.29, 0.717) is 6.54 Å².